The quantitative estimate of drug-likeness (QED) is 0.598. The Kier molecular flexibility index (Phi) is 2.87. The molecule has 0 spiro atoms. The van der Waals surface area contributed by atoms with Crippen LogP contribution in [0.3, 0.4) is 0 Å². The molecule has 0 atom stereocenters. The lowest BCUT2D eigenvalue weighted by Gasteiger charge is -1.90. The van der Waals surface area contributed by atoms with Crippen LogP contribution in [0.4, 0.5) is 0 Å². The van der Waals surface area contributed by atoms with E-state index in [4.69, 9.17) is 5.73 Å². The van der Waals surface area contributed by atoms with E-state index >= 15 is 0 Å². The summed E-state index contributed by atoms with van der Waals surface area (Å²) in [5.41, 5.74) is 5.12. The third-order valence-corrected chi connectivity index (χ3v) is 1.31. The van der Waals surface area contributed by atoms with Gasteiger partial charge >= 0.3 is 0 Å². The van der Waals surface area contributed by atoms with E-state index in [0.29, 0.717) is 6.54 Å². The van der Waals surface area contributed by atoms with Crippen molar-refractivity contribution >= 4 is 5.78 Å². The van der Waals surface area contributed by atoms with E-state index in [9.17, 15) is 4.79 Å². The second kappa shape index (κ2) is 3.91. The minimum atomic E-state index is -0.280. The molecule has 66 valence electrons. The molecule has 0 aromatic carbocycles. The number of carbonyl (C=O) groups excluding carboxylic acids is 1. The van der Waals surface area contributed by atoms with E-state index < -0.39 is 0 Å². The third kappa shape index (κ3) is 1.85. The molecule has 6 heteroatoms. The Morgan fingerprint density at radius 2 is 2.42 bits per heavy atom. The molecule has 0 radical (unpaired) electrons. The lowest BCUT2D eigenvalue weighted by atomic mass is 10.4. The molecule has 1 aromatic rings. The molecule has 0 unspecified atom stereocenters. The molecule has 0 aliphatic heterocycles. The monoisotopic (exact) mass is 169 g/mol. The molecule has 0 saturated carbocycles. The maximum absolute atomic E-state index is 10.9. The van der Waals surface area contributed by atoms with E-state index in [0.717, 1.165) is 6.42 Å². The van der Waals surface area contributed by atoms with Crippen LogP contribution in [-0.2, 0) is 6.54 Å². The maximum Gasteiger partial charge on any atom is 0.241 e. The van der Waals surface area contributed by atoms with Crippen LogP contribution in [-0.4, -0.2) is 32.5 Å². The molecule has 6 nitrogen and oxygen atoms in total. The molecule has 1 rings (SSSR count). The van der Waals surface area contributed by atoms with Crippen molar-refractivity contribution in [1.29, 1.82) is 0 Å². The van der Waals surface area contributed by atoms with E-state index in [2.05, 4.69) is 15.4 Å². The first-order chi connectivity index (χ1) is 5.77. The van der Waals surface area contributed by atoms with Gasteiger partial charge in [0, 0.05) is 0 Å². The van der Waals surface area contributed by atoms with Gasteiger partial charge in [-0.2, -0.15) is 4.80 Å². The lowest BCUT2D eigenvalue weighted by molar-refractivity contribution is 0.0991. The molecule has 0 bridgehead atoms. The summed E-state index contributed by atoms with van der Waals surface area (Å²) in [7, 11) is 0. The van der Waals surface area contributed by atoms with Crippen molar-refractivity contribution in [3.05, 3.63) is 5.82 Å². The van der Waals surface area contributed by atoms with Crippen molar-refractivity contribution in [2.75, 3.05) is 6.54 Å². The molecule has 1 heterocycles. The Labute approximate surface area is 69.7 Å². The Hall–Kier alpha value is -1.30. The number of hydrogen-bond acceptors (Lipinski definition) is 5. The molecule has 1 aromatic heterocycles. The first kappa shape index (κ1) is 8.79. The van der Waals surface area contributed by atoms with Gasteiger partial charge in [0.1, 0.15) is 0 Å². The topological polar surface area (TPSA) is 86.7 Å². The number of tetrazole rings is 1. The zero-order chi connectivity index (χ0) is 8.97. The van der Waals surface area contributed by atoms with Crippen LogP contribution < -0.4 is 5.73 Å². The molecule has 2 N–H and O–H groups in total. The number of aryl methyl sites for hydroxylation is 1. The summed E-state index contributed by atoms with van der Waals surface area (Å²) in [6.45, 7) is 2.59. The minimum Gasteiger partial charge on any atom is -0.324 e. The zero-order valence-corrected chi connectivity index (χ0v) is 6.90. The fourth-order valence-corrected chi connectivity index (χ4v) is 0.741. The van der Waals surface area contributed by atoms with Crippen molar-refractivity contribution in [1.82, 2.24) is 20.2 Å². The van der Waals surface area contributed by atoms with E-state index in [1.54, 1.807) is 0 Å². The third-order valence-electron chi connectivity index (χ3n) is 1.31. The van der Waals surface area contributed by atoms with Crippen LogP contribution in [0.1, 0.15) is 24.0 Å². The zero-order valence-electron chi connectivity index (χ0n) is 6.90. The number of nitrogens with two attached hydrogens (primary N) is 1. The minimum absolute atomic E-state index is 0.0716. The van der Waals surface area contributed by atoms with E-state index in [1.807, 2.05) is 6.92 Å². The Morgan fingerprint density at radius 1 is 1.67 bits per heavy atom. The highest BCUT2D eigenvalue weighted by Crippen LogP contribution is 1.88. The van der Waals surface area contributed by atoms with Gasteiger partial charge in [-0.1, -0.05) is 6.92 Å². The average Bonchev–Trinajstić information content (AvgIpc) is 2.52. The summed E-state index contributed by atoms with van der Waals surface area (Å²) in [6.07, 6.45) is 0.909. The SMILES string of the molecule is CCCn1nnc(C(=O)CN)n1. The van der Waals surface area contributed by atoms with Gasteiger partial charge in [0.15, 0.2) is 0 Å². The Morgan fingerprint density at radius 3 is 3.00 bits per heavy atom. The summed E-state index contributed by atoms with van der Waals surface area (Å²) in [6, 6.07) is 0. The largest absolute Gasteiger partial charge is 0.324 e. The average molecular weight is 169 g/mol. The first-order valence-electron chi connectivity index (χ1n) is 3.79. The standard InChI is InChI=1S/C6H11N5O/c1-2-3-11-9-6(8-10-11)5(12)4-7/h2-4,7H2,1H3. The van der Waals surface area contributed by atoms with Crippen molar-refractivity contribution < 1.29 is 4.79 Å². The fraction of sp³-hybridized carbons (Fsp3) is 0.667. The molecular weight excluding hydrogens is 158 g/mol. The first-order valence-corrected chi connectivity index (χ1v) is 3.79. The predicted octanol–water partition coefficient (Wildman–Crippen LogP) is -0.775. The second-order valence-electron chi connectivity index (χ2n) is 2.34. The summed E-state index contributed by atoms with van der Waals surface area (Å²) >= 11 is 0. The van der Waals surface area contributed by atoms with Gasteiger partial charge in [0.2, 0.25) is 11.6 Å². The van der Waals surface area contributed by atoms with Gasteiger partial charge in [0.05, 0.1) is 13.1 Å². The highest BCUT2D eigenvalue weighted by Gasteiger charge is 2.09. The number of rotatable bonds is 4. The van der Waals surface area contributed by atoms with Crippen molar-refractivity contribution in [3.63, 3.8) is 0 Å². The normalized spacial score (nSPS) is 10.2. The highest BCUT2D eigenvalue weighted by atomic mass is 16.1. The van der Waals surface area contributed by atoms with Crippen molar-refractivity contribution in [2.24, 2.45) is 5.73 Å². The molecule has 0 amide bonds. The lowest BCUT2D eigenvalue weighted by Crippen LogP contribution is -2.15. The highest BCUT2D eigenvalue weighted by molar-refractivity contribution is 5.93. The van der Waals surface area contributed by atoms with E-state index in [-0.39, 0.29) is 18.2 Å². The fourth-order valence-electron chi connectivity index (χ4n) is 0.741. The molecule has 0 saturated heterocycles. The number of aromatic nitrogens is 4. The van der Waals surface area contributed by atoms with Gasteiger partial charge in [-0.05, 0) is 11.6 Å². The molecule has 12 heavy (non-hydrogen) atoms. The molecule has 0 aliphatic carbocycles. The maximum atomic E-state index is 10.9. The van der Waals surface area contributed by atoms with Gasteiger partial charge in [-0.25, -0.2) is 0 Å². The van der Waals surface area contributed by atoms with Gasteiger partial charge in [-0.3, -0.25) is 4.79 Å². The summed E-state index contributed by atoms with van der Waals surface area (Å²) < 4.78 is 0. The van der Waals surface area contributed by atoms with Gasteiger partial charge in [0.25, 0.3) is 0 Å². The second-order valence-corrected chi connectivity index (χ2v) is 2.34. The summed E-state index contributed by atoms with van der Waals surface area (Å²) in [4.78, 5) is 12.3. The van der Waals surface area contributed by atoms with Crippen LogP contribution in [0, 0.1) is 0 Å². The van der Waals surface area contributed by atoms with Crippen LogP contribution in [0.25, 0.3) is 0 Å². The molecular formula is C6H11N5O. The van der Waals surface area contributed by atoms with Crippen LogP contribution in [0.15, 0.2) is 0 Å². The van der Waals surface area contributed by atoms with Crippen LogP contribution in [0.5, 0.6) is 0 Å². The van der Waals surface area contributed by atoms with Crippen molar-refractivity contribution in [2.45, 2.75) is 19.9 Å². The number of hydrogen-bond donors (Lipinski definition) is 1. The van der Waals surface area contributed by atoms with Crippen molar-refractivity contribution in [3.8, 4) is 0 Å². The Bertz CT molecular complexity index is 269. The molecule has 0 fully saturated rings. The summed E-state index contributed by atoms with van der Waals surface area (Å²) in [5, 5.41) is 11.1. The smallest absolute Gasteiger partial charge is 0.241 e. The number of nitrogens with zero attached hydrogens (tertiary/aromatic N) is 4. The summed E-state index contributed by atoms with van der Waals surface area (Å²) in [5.74, 6) is -0.177. The number of carbonyl (C=O) groups is 1. The predicted molar refractivity (Wildman–Crippen MR) is 41.5 cm³/mol. The number of ketones is 1. The Balaban J connectivity index is 2.70. The van der Waals surface area contributed by atoms with Crippen LogP contribution in [0.2, 0.25) is 0 Å². The number of Topliss-reactive ketones (excluding diaryl/α,β-unsaturated/α-hetero) is 1. The van der Waals surface area contributed by atoms with E-state index in [1.165, 1.54) is 4.80 Å². The van der Waals surface area contributed by atoms with Crippen LogP contribution >= 0.6 is 0 Å². The van der Waals surface area contributed by atoms with Gasteiger partial charge < -0.3 is 5.73 Å². The molecule has 0 aliphatic rings. The van der Waals surface area contributed by atoms with Gasteiger partial charge in [-0.15, -0.1) is 10.2 Å².